The molecule has 2 unspecified atom stereocenters. The van der Waals surface area contributed by atoms with Crippen LogP contribution in [-0.4, -0.2) is 35.1 Å². The van der Waals surface area contributed by atoms with E-state index < -0.39 is 0 Å². The van der Waals surface area contributed by atoms with E-state index in [1.807, 2.05) is 36.9 Å². The molecule has 1 N–H and O–H groups in total. The van der Waals surface area contributed by atoms with Crippen LogP contribution in [0.2, 0.25) is 0 Å². The van der Waals surface area contributed by atoms with E-state index in [1.54, 1.807) is 0 Å². The molecule has 1 aromatic carbocycles. The third-order valence-electron chi connectivity index (χ3n) is 4.12. The van der Waals surface area contributed by atoms with Gasteiger partial charge in [-0.15, -0.1) is 0 Å². The number of aliphatic hydroxyl groups is 1. The summed E-state index contributed by atoms with van der Waals surface area (Å²) in [6.45, 7) is 7.41. The Balaban J connectivity index is 2.15. The molecule has 1 fully saturated rings. The molecule has 1 aliphatic rings. The van der Waals surface area contributed by atoms with Crippen molar-refractivity contribution in [3.05, 3.63) is 34.9 Å². The summed E-state index contributed by atoms with van der Waals surface area (Å²) >= 11 is 0. The van der Waals surface area contributed by atoms with E-state index in [0.29, 0.717) is 19.5 Å². The molecule has 0 aliphatic carbocycles. The molecular weight excluding hydrogens is 238 g/mol. The maximum absolute atomic E-state index is 12.5. The number of likely N-dealkylation sites (tertiary alicyclic amines) is 1. The summed E-state index contributed by atoms with van der Waals surface area (Å²) in [5, 5.41) is 9.89. The Morgan fingerprint density at radius 3 is 2.79 bits per heavy atom. The van der Waals surface area contributed by atoms with Gasteiger partial charge in [0.25, 0.3) is 5.91 Å². The smallest absolute Gasteiger partial charge is 0.254 e. The molecule has 2 rings (SSSR count). The normalized spacial score (nSPS) is 23.5. The van der Waals surface area contributed by atoms with E-state index in [4.69, 9.17) is 0 Å². The molecule has 3 nitrogen and oxygen atoms in total. The fourth-order valence-corrected chi connectivity index (χ4v) is 2.83. The molecule has 0 saturated carbocycles. The van der Waals surface area contributed by atoms with E-state index >= 15 is 0 Å². The number of carbonyl (C=O) groups is 1. The zero-order valence-corrected chi connectivity index (χ0v) is 12.0. The van der Waals surface area contributed by atoms with Crippen LogP contribution in [0.3, 0.4) is 0 Å². The third kappa shape index (κ3) is 2.98. The number of nitrogens with zero attached hydrogens (tertiary/aromatic N) is 1. The zero-order valence-electron chi connectivity index (χ0n) is 12.0. The molecule has 1 heterocycles. The summed E-state index contributed by atoms with van der Waals surface area (Å²) in [6, 6.07) is 5.94. The van der Waals surface area contributed by atoms with Crippen molar-refractivity contribution in [3.63, 3.8) is 0 Å². The van der Waals surface area contributed by atoms with Gasteiger partial charge in [0.05, 0.1) is 6.10 Å². The Bertz CT molecular complexity index is 470. The van der Waals surface area contributed by atoms with Gasteiger partial charge in [-0.25, -0.2) is 0 Å². The van der Waals surface area contributed by atoms with E-state index in [9.17, 15) is 9.90 Å². The summed E-state index contributed by atoms with van der Waals surface area (Å²) in [6.07, 6.45) is 1.35. The minimum atomic E-state index is -0.256. The molecular formula is C16H23NO2. The van der Waals surface area contributed by atoms with Gasteiger partial charge in [0.2, 0.25) is 0 Å². The molecule has 1 aliphatic heterocycles. The Kier molecular flexibility index (Phi) is 4.25. The maximum Gasteiger partial charge on any atom is 0.254 e. The lowest BCUT2D eigenvalue weighted by molar-refractivity contribution is 0.0228. The number of piperidine rings is 1. The number of rotatable bonds is 2. The number of hydrogen-bond acceptors (Lipinski definition) is 2. The number of aliphatic hydroxyl groups excluding tert-OH is 1. The number of amides is 1. The standard InChI is InChI=1S/C16H23NO2/c1-4-13-10-17(8-7-15(13)18)16(19)14-6-5-11(2)9-12(14)3/h5-6,9,13,15,18H,4,7-8,10H2,1-3H3. The average Bonchev–Trinajstić information content (AvgIpc) is 2.38. The highest BCUT2D eigenvalue weighted by Crippen LogP contribution is 2.22. The van der Waals surface area contributed by atoms with Crippen LogP contribution in [0, 0.1) is 19.8 Å². The van der Waals surface area contributed by atoms with Crippen LogP contribution in [0.25, 0.3) is 0 Å². The van der Waals surface area contributed by atoms with Crippen molar-refractivity contribution in [3.8, 4) is 0 Å². The lowest BCUT2D eigenvalue weighted by Gasteiger charge is -2.36. The largest absolute Gasteiger partial charge is 0.393 e. The van der Waals surface area contributed by atoms with E-state index in [1.165, 1.54) is 5.56 Å². The number of carbonyl (C=O) groups excluding carboxylic acids is 1. The second-order valence-corrected chi connectivity index (χ2v) is 5.59. The molecule has 0 aromatic heterocycles. The molecule has 1 saturated heterocycles. The zero-order chi connectivity index (χ0) is 14.0. The average molecular weight is 261 g/mol. The molecule has 104 valence electrons. The van der Waals surface area contributed by atoms with E-state index in [-0.39, 0.29) is 17.9 Å². The fraction of sp³-hybridized carbons (Fsp3) is 0.562. The first kappa shape index (κ1) is 14.1. The quantitative estimate of drug-likeness (QED) is 0.888. The van der Waals surface area contributed by atoms with Crippen LogP contribution in [-0.2, 0) is 0 Å². The molecule has 1 aromatic rings. The van der Waals surface area contributed by atoms with Crippen molar-refractivity contribution in [1.29, 1.82) is 0 Å². The Hall–Kier alpha value is -1.35. The molecule has 0 bridgehead atoms. The molecule has 19 heavy (non-hydrogen) atoms. The predicted octanol–water partition coefficient (Wildman–Crippen LogP) is 2.54. The van der Waals surface area contributed by atoms with E-state index in [0.717, 1.165) is 17.5 Å². The maximum atomic E-state index is 12.5. The highest BCUT2D eigenvalue weighted by molar-refractivity contribution is 5.95. The first-order valence-electron chi connectivity index (χ1n) is 7.07. The van der Waals surface area contributed by atoms with Crippen molar-refractivity contribution < 1.29 is 9.90 Å². The van der Waals surface area contributed by atoms with Gasteiger partial charge in [-0.05, 0) is 38.3 Å². The molecule has 0 spiro atoms. The summed E-state index contributed by atoms with van der Waals surface area (Å²) in [5.41, 5.74) is 3.00. The molecule has 3 heteroatoms. The van der Waals surface area contributed by atoms with Crippen LogP contribution in [0.4, 0.5) is 0 Å². The second kappa shape index (κ2) is 5.74. The summed E-state index contributed by atoms with van der Waals surface area (Å²) in [5.74, 6) is 0.311. The highest BCUT2D eigenvalue weighted by Gasteiger charge is 2.29. The van der Waals surface area contributed by atoms with Gasteiger partial charge < -0.3 is 10.0 Å². The van der Waals surface area contributed by atoms with Crippen LogP contribution in [0.15, 0.2) is 18.2 Å². The van der Waals surface area contributed by atoms with Gasteiger partial charge in [0, 0.05) is 24.6 Å². The predicted molar refractivity (Wildman–Crippen MR) is 76.2 cm³/mol. The molecule has 0 radical (unpaired) electrons. The minimum absolute atomic E-state index is 0.0999. The number of hydrogen-bond donors (Lipinski definition) is 1. The van der Waals surface area contributed by atoms with Gasteiger partial charge in [0.1, 0.15) is 0 Å². The Morgan fingerprint density at radius 2 is 2.16 bits per heavy atom. The molecule has 2 atom stereocenters. The minimum Gasteiger partial charge on any atom is -0.393 e. The topological polar surface area (TPSA) is 40.5 Å². The van der Waals surface area contributed by atoms with Gasteiger partial charge in [-0.2, -0.15) is 0 Å². The molecule has 1 amide bonds. The van der Waals surface area contributed by atoms with Crippen LogP contribution in [0.1, 0.15) is 41.3 Å². The fourth-order valence-electron chi connectivity index (χ4n) is 2.83. The summed E-state index contributed by atoms with van der Waals surface area (Å²) < 4.78 is 0. The number of aryl methyl sites for hydroxylation is 2. The van der Waals surface area contributed by atoms with Crippen LogP contribution >= 0.6 is 0 Å². The third-order valence-corrected chi connectivity index (χ3v) is 4.12. The van der Waals surface area contributed by atoms with Gasteiger partial charge >= 0.3 is 0 Å². The Morgan fingerprint density at radius 1 is 1.42 bits per heavy atom. The van der Waals surface area contributed by atoms with Gasteiger partial charge in [-0.3, -0.25) is 4.79 Å². The second-order valence-electron chi connectivity index (χ2n) is 5.59. The summed E-state index contributed by atoms with van der Waals surface area (Å²) in [7, 11) is 0. The SMILES string of the molecule is CCC1CN(C(=O)c2ccc(C)cc2C)CCC1O. The lowest BCUT2D eigenvalue weighted by Crippen LogP contribution is -2.45. The van der Waals surface area contributed by atoms with Crippen LogP contribution in [0.5, 0.6) is 0 Å². The van der Waals surface area contributed by atoms with Crippen molar-refractivity contribution in [2.24, 2.45) is 5.92 Å². The van der Waals surface area contributed by atoms with Crippen molar-refractivity contribution in [2.75, 3.05) is 13.1 Å². The summed E-state index contributed by atoms with van der Waals surface area (Å²) in [4.78, 5) is 14.4. The van der Waals surface area contributed by atoms with Gasteiger partial charge in [-0.1, -0.05) is 24.6 Å². The van der Waals surface area contributed by atoms with E-state index in [2.05, 4.69) is 6.92 Å². The first-order chi connectivity index (χ1) is 9.02. The van der Waals surface area contributed by atoms with Crippen molar-refractivity contribution >= 4 is 5.91 Å². The monoisotopic (exact) mass is 261 g/mol. The number of benzene rings is 1. The lowest BCUT2D eigenvalue weighted by atomic mass is 9.91. The van der Waals surface area contributed by atoms with Crippen molar-refractivity contribution in [1.82, 2.24) is 4.90 Å². The first-order valence-corrected chi connectivity index (χ1v) is 7.07. The van der Waals surface area contributed by atoms with Crippen LogP contribution < -0.4 is 0 Å². The Labute approximate surface area is 115 Å². The van der Waals surface area contributed by atoms with Crippen molar-refractivity contribution in [2.45, 2.75) is 39.7 Å². The van der Waals surface area contributed by atoms with Gasteiger partial charge in [0.15, 0.2) is 0 Å². The highest BCUT2D eigenvalue weighted by atomic mass is 16.3.